The molecule has 0 N–H and O–H groups in total. The SMILES string of the molecule is C/C=C/[CH2][Mg][Br]. The predicted molar refractivity (Wildman–Crippen MR) is 34.3 cm³/mol. The molecule has 0 unspecified atom stereocenters. The van der Waals surface area contributed by atoms with E-state index in [0.717, 1.165) is 0 Å². The van der Waals surface area contributed by atoms with Crippen LogP contribution in [0.5, 0.6) is 0 Å². The molecule has 0 aliphatic carbocycles. The minimum atomic E-state index is 0.129. The van der Waals surface area contributed by atoms with Gasteiger partial charge in [0.05, 0.1) is 0 Å². The highest BCUT2D eigenvalue weighted by Crippen LogP contribution is 1.85. The van der Waals surface area contributed by atoms with Crippen molar-refractivity contribution in [3.63, 3.8) is 0 Å². The van der Waals surface area contributed by atoms with Crippen molar-refractivity contribution in [2.45, 2.75) is 11.5 Å². The predicted octanol–water partition coefficient (Wildman–Crippen LogP) is 1.99. The standard InChI is InChI=1S/C4H7.BrH.Mg/c1-3-4-2;;/h3-4H,1H2,2H3;1H;/q;;+1/p-1/b4-3+;;. The van der Waals surface area contributed by atoms with E-state index in [1.807, 2.05) is 0 Å². The fraction of sp³-hybridized carbons (Fsp3) is 0.500. The minimum absolute atomic E-state index is 0.129. The van der Waals surface area contributed by atoms with Crippen molar-refractivity contribution in [2.24, 2.45) is 0 Å². The van der Waals surface area contributed by atoms with E-state index >= 15 is 0 Å². The monoisotopic (exact) mass is 158 g/mol. The average molecular weight is 159 g/mol. The molecule has 6 heavy (non-hydrogen) atoms. The van der Waals surface area contributed by atoms with E-state index in [-0.39, 0.29) is 18.2 Å². The van der Waals surface area contributed by atoms with Gasteiger partial charge in [0.15, 0.2) is 0 Å². The Bertz CT molecular complexity index is 42.8. The summed E-state index contributed by atoms with van der Waals surface area (Å²) in [6, 6.07) is 0. The maximum atomic E-state index is 3.44. The third-order valence-electron chi connectivity index (χ3n) is 0.511. The number of allylic oxidation sites excluding steroid dienone is 2. The van der Waals surface area contributed by atoms with Gasteiger partial charge in [-0.25, -0.2) is 0 Å². The summed E-state index contributed by atoms with van der Waals surface area (Å²) in [4.78, 5) is 0. The first-order valence-corrected chi connectivity index (χ1v) is 6.99. The van der Waals surface area contributed by atoms with Crippen LogP contribution in [0, 0.1) is 0 Å². The van der Waals surface area contributed by atoms with E-state index in [9.17, 15) is 0 Å². The molecule has 0 aromatic carbocycles. The van der Waals surface area contributed by atoms with Gasteiger partial charge in [-0.1, -0.05) is 6.08 Å². The van der Waals surface area contributed by atoms with Gasteiger partial charge in [0, 0.05) is 0 Å². The van der Waals surface area contributed by atoms with Crippen LogP contribution in [0.4, 0.5) is 0 Å². The number of rotatable bonds is 2. The van der Waals surface area contributed by atoms with Gasteiger partial charge < -0.3 is 12.9 Å². The van der Waals surface area contributed by atoms with Crippen molar-refractivity contribution >= 4 is 31.1 Å². The Morgan fingerprint density at radius 1 is 1.83 bits per heavy atom. The molecule has 0 radical (unpaired) electrons. The highest BCUT2D eigenvalue weighted by Gasteiger charge is 1.77. The van der Waals surface area contributed by atoms with Crippen LogP contribution in [-0.4, -0.2) is 18.2 Å². The molecule has 0 nitrogen and oxygen atoms in total. The molecule has 32 valence electrons. The van der Waals surface area contributed by atoms with Crippen LogP contribution >= 0.6 is 12.9 Å². The fourth-order valence-electron chi connectivity index (χ4n) is 0.230. The molecule has 0 rings (SSSR count). The van der Waals surface area contributed by atoms with E-state index < -0.39 is 0 Å². The topological polar surface area (TPSA) is 0 Å². The van der Waals surface area contributed by atoms with Gasteiger partial charge in [0.25, 0.3) is 0 Å². The highest BCUT2D eigenvalue weighted by molar-refractivity contribution is 9.23. The Hall–Kier alpha value is 0.986. The molecule has 0 aromatic rings. The molecular weight excluding hydrogens is 152 g/mol. The first kappa shape index (κ1) is 6.99. The fourth-order valence-corrected chi connectivity index (χ4v) is 1.48. The van der Waals surface area contributed by atoms with Crippen molar-refractivity contribution in [1.29, 1.82) is 0 Å². The first-order chi connectivity index (χ1) is 2.91. The summed E-state index contributed by atoms with van der Waals surface area (Å²) in [5.74, 6) is 0. The lowest BCUT2D eigenvalue weighted by Crippen LogP contribution is -1.65. The summed E-state index contributed by atoms with van der Waals surface area (Å²) in [5, 5.41) is 0. The van der Waals surface area contributed by atoms with Gasteiger partial charge in [-0.05, 0) is 6.92 Å². The zero-order valence-corrected chi connectivity index (χ0v) is 6.95. The Kier molecular flexibility index (Phi) is 6.97. The number of hydrogen-bond acceptors (Lipinski definition) is 0. The van der Waals surface area contributed by atoms with Crippen LogP contribution in [0.3, 0.4) is 0 Å². The van der Waals surface area contributed by atoms with Gasteiger partial charge >= 0.3 is 18.2 Å². The summed E-state index contributed by atoms with van der Waals surface area (Å²) in [6.45, 7) is 2.05. The van der Waals surface area contributed by atoms with Crippen molar-refractivity contribution in [1.82, 2.24) is 0 Å². The van der Waals surface area contributed by atoms with Crippen molar-refractivity contribution in [3.8, 4) is 0 Å². The first-order valence-electron chi connectivity index (χ1n) is 2.09. The maximum absolute atomic E-state index is 3.44. The Labute approximate surface area is 54.6 Å². The molecule has 0 heterocycles. The van der Waals surface area contributed by atoms with E-state index in [2.05, 4.69) is 32.0 Å². The molecule has 0 bridgehead atoms. The Morgan fingerprint density at radius 2 is 2.50 bits per heavy atom. The molecule has 0 fully saturated rings. The lowest BCUT2D eigenvalue weighted by molar-refractivity contribution is 1.62. The zero-order valence-electron chi connectivity index (χ0n) is 3.95. The molecular formula is C4H7BrMg. The summed E-state index contributed by atoms with van der Waals surface area (Å²) in [5.41, 5.74) is 0. The Balaban J connectivity index is 2.66. The second-order valence-corrected chi connectivity index (χ2v) is 4.38. The molecule has 0 aliphatic heterocycles. The number of halogens is 1. The minimum Gasteiger partial charge on any atom is -0.306 e. The smallest absolute Gasteiger partial charge is 0.306 e. The lowest BCUT2D eigenvalue weighted by Gasteiger charge is -1.70. The van der Waals surface area contributed by atoms with Gasteiger partial charge in [-0.15, -0.1) is 10.6 Å². The average Bonchev–Trinajstić information content (AvgIpc) is 1.61. The zero-order chi connectivity index (χ0) is 4.83. The van der Waals surface area contributed by atoms with E-state index in [0.29, 0.717) is 0 Å². The summed E-state index contributed by atoms with van der Waals surface area (Å²) in [7, 11) is 0. The third kappa shape index (κ3) is 4.99. The van der Waals surface area contributed by atoms with Crippen molar-refractivity contribution in [2.75, 3.05) is 0 Å². The van der Waals surface area contributed by atoms with Gasteiger partial charge in [0.2, 0.25) is 0 Å². The molecule has 2 heteroatoms. The molecule has 0 amide bonds. The second-order valence-electron chi connectivity index (χ2n) is 1.05. The van der Waals surface area contributed by atoms with E-state index in [1.165, 1.54) is 4.55 Å². The van der Waals surface area contributed by atoms with Gasteiger partial charge in [0.1, 0.15) is 0 Å². The molecule has 0 saturated carbocycles. The summed E-state index contributed by atoms with van der Waals surface area (Å²) < 4.78 is 1.29. The molecule has 0 saturated heterocycles. The van der Waals surface area contributed by atoms with Crippen molar-refractivity contribution < 1.29 is 0 Å². The quantitative estimate of drug-likeness (QED) is 0.427. The van der Waals surface area contributed by atoms with Crippen LogP contribution in [0.2, 0.25) is 4.55 Å². The van der Waals surface area contributed by atoms with Crippen molar-refractivity contribution in [3.05, 3.63) is 12.2 Å². The molecule has 0 aliphatic rings. The van der Waals surface area contributed by atoms with Gasteiger partial charge in [-0.3, -0.25) is 0 Å². The molecule has 0 atom stereocenters. The normalized spacial score (nSPS) is 9.00. The largest absolute Gasteiger partial charge is 0.472 e. The maximum Gasteiger partial charge on any atom is 0.472 e. The van der Waals surface area contributed by atoms with Crippen LogP contribution in [-0.2, 0) is 0 Å². The second kappa shape index (κ2) is 5.99. The van der Waals surface area contributed by atoms with Gasteiger partial charge in [-0.2, -0.15) is 0 Å². The Morgan fingerprint density at radius 3 is 2.67 bits per heavy atom. The summed E-state index contributed by atoms with van der Waals surface area (Å²) in [6.07, 6.45) is 4.29. The van der Waals surface area contributed by atoms with Crippen LogP contribution < -0.4 is 0 Å². The molecule has 0 aromatic heterocycles. The summed E-state index contributed by atoms with van der Waals surface area (Å²) >= 11 is 3.57. The number of hydrogen-bond donors (Lipinski definition) is 0. The molecule has 0 spiro atoms. The highest BCUT2D eigenvalue weighted by atomic mass is 79.9. The van der Waals surface area contributed by atoms with Crippen LogP contribution in [0.15, 0.2) is 12.2 Å². The van der Waals surface area contributed by atoms with Crippen LogP contribution in [0.25, 0.3) is 0 Å². The van der Waals surface area contributed by atoms with E-state index in [4.69, 9.17) is 0 Å². The van der Waals surface area contributed by atoms with E-state index in [1.54, 1.807) is 0 Å². The lowest BCUT2D eigenvalue weighted by atomic mass is 10.6. The van der Waals surface area contributed by atoms with Crippen LogP contribution in [0.1, 0.15) is 6.92 Å². The third-order valence-corrected chi connectivity index (χ3v) is 2.44.